The quantitative estimate of drug-likeness (QED) is 0.882. The van der Waals surface area contributed by atoms with Gasteiger partial charge in [0.1, 0.15) is 5.56 Å². The number of carbonyl (C=O) groups is 2. The van der Waals surface area contributed by atoms with E-state index >= 15 is 0 Å². The van der Waals surface area contributed by atoms with Gasteiger partial charge in [0, 0.05) is 19.3 Å². The summed E-state index contributed by atoms with van der Waals surface area (Å²) in [4.78, 5) is 29.0. The molecule has 0 radical (unpaired) electrons. The maximum absolute atomic E-state index is 12.4. The highest BCUT2D eigenvalue weighted by molar-refractivity contribution is 5.97. The molecule has 0 saturated carbocycles. The van der Waals surface area contributed by atoms with Gasteiger partial charge in [-0.25, -0.2) is 4.98 Å². The Morgan fingerprint density at radius 1 is 1.53 bits per heavy atom. The number of methoxy groups -OCH3 is 1. The molecule has 2 heterocycles. The third kappa shape index (κ3) is 2.38. The van der Waals surface area contributed by atoms with Gasteiger partial charge in [-0.3, -0.25) is 9.59 Å². The van der Waals surface area contributed by atoms with Gasteiger partial charge < -0.3 is 14.7 Å². The third-order valence-electron chi connectivity index (χ3n) is 3.47. The first kappa shape index (κ1) is 13.3. The van der Waals surface area contributed by atoms with Crippen LogP contribution in [0.3, 0.4) is 0 Å². The Hall–Kier alpha value is -2.11. The normalized spacial score (nSPS) is 22.3. The zero-order chi connectivity index (χ0) is 14.0. The lowest BCUT2D eigenvalue weighted by atomic mass is 9.90. The highest BCUT2D eigenvalue weighted by atomic mass is 16.5. The minimum absolute atomic E-state index is 0.208. The summed E-state index contributed by atoms with van der Waals surface area (Å²) in [5.41, 5.74) is -0.509. The van der Waals surface area contributed by atoms with Crippen LogP contribution in [-0.4, -0.2) is 47.1 Å². The summed E-state index contributed by atoms with van der Waals surface area (Å²) in [6, 6.07) is 3.28. The van der Waals surface area contributed by atoms with Crippen LogP contribution < -0.4 is 4.74 Å². The predicted octanol–water partition coefficient (Wildman–Crippen LogP) is 1.03. The van der Waals surface area contributed by atoms with Crippen LogP contribution in [0.1, 0.15) is 23.7 Å². The van der Waals surface area contributed by atoms with E-state index in [0.717, 1.165) is 0 Å². The molecule has 19 heavy (non-hydrogen) atoms. The van der Waals surface area contributed by atoms with Crippen LogP contribution in [0.4, 0.5) is 0 Å². The molecule has 1 atom stereocenters. The van der Waals surface area contributed by atoms with Crippen molar-refractivity contribution in [3.8, 4) is 5.88 Å². The van der Waals surface area contributed by atoms with E-state index in [4.69, 9.17) is 9.84 Å². The summed E-state index contributed by atoms with van der Waals surface area (Å²) >= 11 is 0. The monoisotopic (exact) mass is 264 g/mol. The van der Waals surface area contributed by atoms with Crippen molar-refractivity contribution in [1.29, 1.82) is 0 Å². The van der Waals surface area contributed by atoms with Crippen molar-refractivity contribution in [1.82, 2.24) is 9.88 Å². The zero-order valence-electron chi connectivity index (χ0n) is 10.9. The number of carbonyl (C=O) groups excluding carboxylic acids is 1. The van der Waals surface area contributed by atoms with E-state index < -0.39 is 11.4 Å². The van der Waals surface area contributed by atoms with Crippen LogP contribution in [0.15, 0.2) is 18.3 Å². The minimum Gasteiger partial charge on any atom is -0.481 e. The molecule has 1 aliphatic rings. The van der Waals surface area contributed by atoms with Crippen molar-refractivity contribution in [2.75, 3.05) is 20.2 Å². The van der Waals surface area contributed by atoms with Gasteiger partial charge in [-0.2, -0.15) is 0 Å². The van der Waals surface area contributed by atoms with Crippen LogP contribution in [0.5, 0.6) is 5.88 Å². The van der Waals surface area contributed by atoms with Crippen LogP contribution in [-0.2, 0) is 4.79 Å². The first-order valence-electron chi connectivity index (χ1n) is 5.99. The highest BCUT2D eigenvalue weighted by Gasteiger charge is 2.42. The molecule has 1 saturated heterocycles. The molecule has 1 aliphatic heterocycles. The van der Waals surface area contributed by atoms with E-state index in [1.807, 2.05) is 0 Å². The topological polar surface area (TPSA) is 79.7 Å². The lowest BCUT2D eigenvalue weighted by molar-refractivity contribution is -0.147. The second kappa shape index (κ2) is 4.87. The molecule has 0 unspecified atom stereocenters. The molecule has 0 bridgehead atoms. The molecule has 1 N–H and O–H groups in total. The molecule has 0 aromatic carbocycles. The summed E-state index contributed by atoms with van der Waals surface area (Å²) in [6.07, 6.45) is 2.00. The van der Waals surface area contributed by atoms with Gasteiger partial charge in [-0.15, -0.1) is 0 Å². The van der Waals surface area contributed by atoms with Gasteiger partial charge >= 0.3 is 5.97 Å². The molecule has 6 nitrogen and oxygen atoms in total. The van der Waals surface area contributed by atoms with E-state index in [1.54, 1.807) is 25.3 Å². The summed E-state index contributed by atoms with van der Waals surface area (Å²) in [5.74, 6) is -0.854. The van der Waals surface area contributed by atoms with Gasteiger partial charge in [-0.1, -0.05) is 0 Å². The summed E-state index contributed by atoms with van der Waals surface area (Å²) < 4.78 is 5.05. The number of amides is 1. The Morgan fingerprint density at radius 2 is 2.26 bits per heavy atom. The van der Waals surface area contributed by atoms with Crippen molar-refractivity contribution < 1.29 is 19.4 Å². The van der Waals surface area contributed by atoms with E-state index in [0.29, 0.717) is 18.5 Å². The molecule has 0 aliphatic carbocycles. The average molecular weight is 264 g/mol. The lowest BCUT2D eigenvalue weighted by Gasteiger charge is -2.20. The number of ether oxygens (including phenoxy) is 1. The molecular weight excluding hydrogens is 248 g/mol. The average Bonchev–Trinajstić information content (AvgIpc) is 2.82. The van der Waals surface area contributed by atoms with E-state index in [-0.39, 0.29) is 18.3 Å². The number of aliphatic carboxylic acids is 1. The number of likely N-dealkylation sites (tertiary alicyclic amines) is 1. The first-order chi connectivity index (χ1) is 8.98. The van der Waals surface area contributed by atoms with Crippen molar-refractivity contribution in [2.24, 2.45) is 5.41 Å². The molecule has 1 fully saturated rings. The molecule has 102 valence electrons. The SMILES string of the molecule is COc1ncccc1C(=O)N1CC[C@@](C)(C(=O)O)C1. The fourth-order valence-electron chi connectivity index (χ4n) is 2.20. The molecular formula is C13H16N2O4. The third-order valence-corrected chi connectivity index (χ3v) is 3.47. The lowest BCUT2D eigenvalue weighted by Crippen LogP contribution is -2.35. The summed E-state index contributed by atoms with van der Waals surface area (Å²) in [6.45, 7) is 2.29. The second-order valence-electron chi connectivity index (χ2n) is 4.90. The summed E-state index contributed by atoms with van der Waals surface area (Å²) in [5, 5.41) is 9.17. The Morgan fingerprint density at radius 3 is 2.84 bits per heavy atom. The molecule has 1 aromatic rings. The molecule has 2 rings (SSSR count). The Bertz CT molecular complexity index is 517. The summed E-state index contributed by atoms with van der Waals surface area (Å²) in [7, 11) is 1.45. The largest absolute Gasteiger partial charge is 0.481 e. The number of aromatic nitrogens is 1. The fourth-order valence-corrected chi connectivity index (χ4v) is 2.20. The molecule has 0 spiro atoms. The zero-order valence-corrected chi connectivity index (χ0v) is 10.9. The Labute approximate surface area is 111 Å². The van der Waals surface area contributed by atoms with Crippen molar-refractivity contribution >= 4 is 11.9 Å². The van der Waals surface area contributed by atoms with Crippen LogP contribution in [0.2, 0.25) is 0 Å². The first-order valence-corrected chi connectivity index (χ1v) is 5.99. The Kier molecular flexibility index (Phi) is 3.42. The maximum Gasteiger partial charge on any atom is 0.311 e. The number of carboxylic acid groups (broad SMARTS) is 1. The van der Waals surface area contributed by atoms with Gasteiger partial charge in [0.15, 0.2) is 0 Å². The number of pyridine rings is 1. The van der Waals surface area contributed by atoms with Gasteiger partial charge in [0.2, 0.25) is 5.88 Å². The standard InChI is InChI=1S/C13H16N2O4/c1-13(12(17)18)5-7-15(8-13)11(16)9-4-3-6-14-10(9)19-2/h3-4,6H,5,7-8H2,1-2H3,(H,17,18)/t13-/m1/s1. The van der Waals surface area contributed by atoms with E-state index in [1.165, 1.54) is 12.0 Å². The number of rotatable bonds is 3. The van der Waals surface area contributed by atoms with E-state index in [2.05, 4.69) is 4.98 Å². The van der Waals surface area contributed by atoms with Crippen molar-refractivity contribution in [3.05, 3.63) is 23.9 Å². The van der Waals surface area contributed by atoms with Crippen LogP contribution in [0.25, 0.3) is 0 Å². The van der Waals surface area contributed by atoms with Crippen LogP contribution >= 0.6 is 0 Å². The number of nitrogens with zero attached hydrogens (tertiary/aromatic N) is 2. The molecule has 6 heteroatoms. The van der Waals surface area contributed by atoms with Gasteiger partial charge in [0.05, 0.1) is 12.5 Å². The van der Waals surface area contributed by atoms with Crippen LogP contribution in [0, 0.1) is 5.41 Å². The van der Waals surface area contributed by atoms with Gasteiger partial charge in [-0.05, 0) is 25.5 Å². The predicted molar refractivity (Wildman–Crippen MR) is 67.1 cm³/mol. The molecule has 1 aromatic heterocycles. The number of carboxylic acids is 1. The minimum atomic E-state index is -0.874. The maximum atomic E-state index is 12.4. The molecule has 1 amide bonds. The highest BCUT2D eigenvalue weighted by Crippen LogP contribution is 2.31. The second-order valence-corrected chi connectivity index (χ2v) is 4.90. The van der Waals surface area contributed by atoms with Gasteiger partial charge in [0.25, 0.3) is 5.91 Å². The fraction of sp³-hybridized carbons (Fsp3) is 0.462. The Balaban J connectivity index is 2.20. The smallest absolute Gasteiger partial charge is 0.311 e. The number of hydrogen-bond acceptors (Lipinski definition) is 4. The van der Waals surface area contributed by atoms with Crippen molar-refractivity contribution in [2.45, 2.75) is 13.3 Å². The van der Waals surface area contributed by atoms with Crippen molar-refractivity contribution in [3.63, 3.8) is 0 Å². The number of hydrogen-bond donors (Lipinski definition) is 1. The van der Waals surface area contributed by atoms with E-state index in [9.17, 15) is 9.59 Å².